The number of hydrogen-bond acceptors (Lipinski definition) is 5. The zero-order chi connectivity index (χ0) is 18.8. The number of rotatable bonds is 7. The summed E-state index contributed by atoms with van der Waals surface area (Å²) in [6.45, 7) is 0.649. The van der Waals surface area contributed by atoms with Crippen LogP contribution in [-0.4, -0.2) is 26.7 Å². The van der Waals surface area contributed by atoms with Crippen molar-refractivity contribution >= 4 is 56.7 Å². The van der Waals surface area contributed by atoms with E-state index in [1.807, 2.05) is 18.2 Å². The molecule has 0 aliphatic heterocycles. The lowest BCUT2D eigenvalue weighted by Gasteiger charge is -2.09. The molecule has 1 aromatic carbocycles. The Morgan fingerprint density at radius 2 is 2.07 bits per heavy atom. The highest BCUT2D eigenvalue weighted by Crippen LogP contribution is 2.39. The van der Waals surface area contributed by atoms with Crippen LogP contribution in [0.1, 0.15) is 30.0 Å². The van der Waals surface area contributed by atoms with Crippen molar-refractivity contribution in [3.05, 3.63) is 56.2 Å². The third-order valence-electron chi connectivity index (χ3n) is 4.30. The maximum atomic E-state index is 6.21. The summed E-state index contributed by atoms with van der Waals surface area (Å²) in [6.07, 6.45) is 4.90. The van der Waals surface area contributed by atoms with E-state index < -0.39 is 0 Å². The van der Waals surface area contributed by atoms with E-state index in [0.29, 0.717) is 34.3 Å². The highest BCUT2D eigenvalue weighted by Gasteiger charge is 2.25. The van der Waals surface area contributed by atoms with E-state index >= 15 is 0 Å². The van der Waals surface area contributed by atoms with Gasteiger partial charge in [-0.05, 0) is 52.9 Å². The third-order valence-corrected chi connectivity index (χ3v) is 5.47. The number of aromatic amines is 1. The van der Waals surface area contributed by atoms with Crippen molar-refractivity contribution in [2.45, 2.75) is 25.2 Å². The molecule has 0 unspecified atom stereocenters. The summed E-state index contributed by atoms with van der Waals surface area (Å²) >= 11 is 15.6. The third kappa shape index (κ3) is 4.72. The molecule has 2 heterocycles. The number of nitrogens with zero attached hydrogens (tertiary/aromatic N) is 3. The lowest BCUT2D eigenvalue weighted by atomic mass is 10.1. The molecule has 0 amide bonds. The van der Waals surface area contributed by atoms with Crippen molar-refractivity contribution in [2.24, 2.45) is 0 Å². The summed E-state index contributed by atoms with van der Waals surface area (Å²) in [6, 6.07) is 7.54. The first-order chi connectivity index (χ1) is 13.1. The number of hydrogen-bond donors (Lipinski definition) is 3. The number of nitrogens with one attached hydrogen (secondary N) is 3. The number of aromatic nitrogens is 4. The Morgan fingerprint density at radius 3 is 2.85 bits per heavy atom. The fourth-order valence-corrected chi connectivity index (χ4v) is 3.49. The number of benzene rings is 1. The molecule has 0 bridgehead atoms. The van der Waals surface area contributed by atoms with Crippen molar-refractivity contribution in [1.82, 2.24) is 20.2 Å². The monoisotopic (exact) mass is 466 g/mol. The molecule has 9 heteroatoms. The predicted octanol–water partition coefficient (Wildman–Crippen LogP) is 5.54. The van der Waals surface area contributed by atoms with Gasteiger partial charge in [0.1, 0.15) is 0 Å². The van der Waals surface area contributed by atoms with E-state index in [9.17, 15) is 0 Å². The van der Waals surface area contributed by atoms with Gasteiger partial charge in [0.25, 0.3) is 0 Å². The first kappa shape index (κ1) is 18.5. The molecular formula is C18H17BrCl2N6. The van der Waals surface area contributed by atoms with Gasteiger partial charge in [0.15, 0.2) is 11.6 Å². The van der Waals surface area contributed by atoms with Gasteiger partial charge in [-0.15, -0.1) is 0 Å². The topological polar surface area (TPSA) is 78.5 Å². The maximum absolute atomic E-state index is 6.21. The average Bonchev–Trinajstić information content (AvgIpc) is 3.39. The first-order valence-corrected chi connectivity index (χ1v) is 10.2. The van der Waals surface area contributed by atoms with Crippen molar-refractivity contribution < 1.29 is 0 Å². The van der Waals surface area contributed by atoms with E-state index in [1.54, 1.807) is 12.3 Å². The van der Waals surface area contributed by atoms with Gasteiger partial charge in [-0.2, -0.15) is 10.1 Å². The molecule has 1 fully saturated rings. The Labute approximate surface area is 175 Å². The molecular weight excluding hydrogens is 451 g/mol. The molecule has 3 N–H and O–H groups in total. The normalized spacial score (nSPS) is 13.6. The van der Waals surface area contributed by atoms with Gasteiger partial charge in [-0.25, -0.2) is 4.98 Å². The molecule has 2 aromatic heterocycles. The van der Waals surface area contributed by atoms with E-state index in [4.69, 9.17) is 23.2 Å². The van der Waals surface area contributed by atoms with Crippen molar-refractivity contribution in [3.63, 3.8) is 0 Å². The SMILES string of the molecule is Clc1ccc(CCNc2ncc(Br)c(Nc3cc(C4CC4)[nH]n3)n2)c(Cl)c1. The second-order valence-electron chi connectivity index (χ2n) is 6.41. The lowest BCUT2D eigenvalue weighted by molar-refractivity contribution is 0.964. The molecule has 3 aromatic rings. The summed E-state index contributed by atoms with van der Waals surface area (Å²) in [7, 11) is 0. The molecule has 27 heavy (non-hydrogen) atoms. The van der Waals surface area contributed by atoms with Crippen molar-refractivity contribution in [3.8, 4) is 0 Å². The average molecular weight is 468 g/mol. The lowest BCUT2D eigenvalue weighted by Crippen LogP contribution is -2.09. The van der Waals surface area contributed by atoms with Crippen LogP contribution < -0.4 is 10.6 Å². The second kappa shape index (κ2) is 8.04. The smallest absolute Gasteiger partial charge is 0.224 e. The van der Waals surface area contributed by atoms with Crippen LogP contribution in [0.4, 0.5) is 17.6 Å². The molecule has 6 nitrogen and oxygen atoms in total. The van der Waals surface area contributed by atoms with Gasteiger partial charge in [0.05, 0.1) is 4.47 Å². The van der Waals surface area contributed by atoms with E-state index in [-0.39, 0.29) is 0 Å². The summed E-state index contributed by atoms with van der Waals surface area (Å²) in [5, 5.41) is 15.1. The minimum absolute atomic E-state index is 0.531. The van der Waals surface area contributed by atoms with Crippen molar-refractivity contribution in [2.75, 3.05) is 17.2 Å². The van der Waals surface area contributed by atoms with Gasteiger partial charge < -0.3 is 10.6 Å². The summed E-state index contributed by atoms with van der Waals surface area (Å²) < 4.78 is 0.768. The van der Waals surface area contributed by atoms with Crippen LogP contribution in [-0.2, 0) is 6.42 Å². The number of H-pyrrole nitrogens is 1. The van der Waals surface area contributed by atoms with Gasteiger partial charge in [0, 0.05) is 40.5 Å². The van der Waals surface area contributed by atoms with Crippen LogP contribution in [0.3, 0.4) is 0 Å². The fraction of sp³-hybridized carbons (Fsp3) is 0.278. The Morgan fingerprint density at radius 1 is 1.22 bits per heavy atom. The highest BCUT2D eigenvalue weighted by molar-refractivity contribution is 9.10. The largest absolute Gasteiger partial charge is 0.354 e. The van der Waals surface area contributed by atoms with Crippen LogP contribution in [0.25, 0.3) is 0 Å². The Hall–Kier alpha value is -1.83. The molecule has 0 spiro atoms. The molecule has 1 aliphatic carbocycles. The Kier molecular flexibility index (Phi) is 5.52. The fourth-order valence-electron chi connectivity index (χ4n) is 2.70. The minimum atomic E-state index is 0.531. The Balaban J connectivity index is 1.39. The van der Waals surface area contributed by atoms with Gasteiger partial charge in [0.2, 0.25) is 5.95 Å². The number of anilines is 3. The highest BCUT2D eigenvalue weighted by atomic mass is 79.9. The van der Waals surface area contributed by atoms with Gasteiger partial charge in [-0.1, -0.05) is 29.3 Å². The summed E-state index contributed by atoms with van der Waals surface area (Å²) in [5.41, 5.74) is 2.19. The quantitative estimate of drug-likeness (QED) is 0.424. The van der Waals surface area contributed by atoms with Gasteiger partial charge >= 0.3 is 0 Å². The minimum Gasteiger partial charge on any atom is -0.354 e. The summed E-state index contributed by atoms with van der Waals surface area (Å²) in [4.78, 5) is 8.82. The molecule has 4 rings (SSSR count). The van der Waals surface area contributed by atoms with Crippen LogP contribution in [0.2, 0.25) is 10.0 Å². The van der Waals surface area contributed by atoms with Crippen LogP contribution in [0.15, 0.2) is 34.9 Å². The molecule has 140 valence electrons. The van der Waals surface area contributed by atoms with E-state index in [0.717, 1.165) is 22.3 Å². The number of halogens is 3. The van der Waals surface area contributed by atoms with Gasteiger partial charge in [-0.3, -0.25) is 5.10 Å². The first-order valence-electron chi connectivity index (χ1n) is 8.61. The predicted molar refractivity (Wildman–Crippen MR) is 112 cm³/mol. The zero-order valence-corrected chi connectivity index (χ0v) is 17.4. The molecule has 0 radical (unpaired) electrons. The van der Waals surface area contributed by atoms with E-state index in [2.05, 4.69) is 46.7 Å². The molecule has 0 atom stereocenters. The van der Waals surface area contributed by atoms with Crippen LogP contribution in [0.5, 0.6) is 0 Å². The standard InChI is InChI=1S/C18H17BrCl2N6/c19-13-9-23-18(22-6-5-10-3-4-12(20)7-14(10)21)25-17(13)24-16-8-15(26-27-16)11-1-2-11/h3-4,7-9,11H,1-2,5-6H2,(H3,22,23,24,25,26,27). The maximum Gasteiger partial charge on any atom is 0.224 e. The summed E-state index contributed by atoms with van der Waals surface area (Å²) in [5.74, 6) is 2.56. The van der Waals surface area contributed by atoms with E-state index in [1.165, 1.54) is 18.5 Å². The molecule has 1 saturated carbocycles. The second-order valence-corrected chi connectivity index (χ2v) is 8.11. The van der Waals surface area contributed by atoms with Crippen LogP contribution in [0, 0.1) is 0 Å². The molecule has 0 saturated heterocycles. The Bertz CT molecular complexity index is 957. The van der Waals surface area contributed by atoms with Crippen LogP contribution >= 0.6 is 39.1 Å². The van der Waals surface area contributed by atoms with Crippen molar-refractivity contribution in [1.29, 1.82) is 0 Å². The zero-order valence-electron chi connectivity index (χ0n) is 14.3. The molecule has 1 aliphatic rings.